The van der Waals surface area contributed by atoms with Crippen LogP contribution in [0, 0.1) is 10.1 Å². The Bertz CT molecular complexity index is 995. The third-order valence-corrected chi connectivity index (χ3v) is 4.99. The van der Waals surface area contributed by atoms with E-state index in [0.717, 1.165) is 12.0 Å². The summed E-state index contributed by atoms with van der Waals surface area (Å²) >= 11 is 0. The highest BCUT2D eigenvalue weighted by Gasteiger charge is 2.22. The van der Waals surface area contributed by atoms with E-state index in [4.69, 9.17) is 14.2 Å². The van der Waals surface area contributed by atoms with Gasteiger partial charge in [-0.1, -0.05) is 0 Å². The zero-order valence-corrected chi connectivity index (χ0v) is 17.1. The van der Waals surface area contributed by atoms with E-state index in [9.17, 15) is 14.9 Å². The van der Waals surface area contributed by atoms with Crippen LogP contribution in [0.5, 0.6) is 17.2 Å². The van der Waals surface area contributed by atoms with Crippen molar-refractivity contribution >= 4 is 23.6 Å². The van der Waals surface area contributed by atoms with Gasteiger partial charge in [0.15, 0.2) is 5.78 Å². The number of allylic oxidation sites excluding steroid dienone is 2. The molecule has 1 saturated carbocycles. The molecule has 0 atom stereocenters. The number of ether oxygens (including phenoxy) is 3. The first-order valence-corrected chi connectivity index (χ1v) is 9.47. The van der Waals surface area contributed by atoms with Gasteiger partial charge >= 0.3 is 0 Å². The molecule has 0 N–H and O–H groups in total. The Labute approximate surface area is 174 Å². The van der Waals surface area contributed by atoms with Crippen LogP contribution in [-0.4, -0.2) is 32.0 Å². The molecule has 7 heteroatoms. The number of hydrogen-bond acceptors (Lipinski definition) is 6. The van der Waals surface area contributed by atoms with Gasteiger partial charge in [-0.2, -0.15) is 0 Å². The molecule has 2 aromatic carbocycles. The largest absolute Gasteiger partial charge is 0.496 e. The van der Waals surface area contributed by atoms with E-state index in [1.54, 1.807) is 51.7 Å². The summed E-state index contributed by atoms with van der Waals surface area (Å²) in [6.07, 6.45) is 5.74. The fraction of sp³-hybridized carbons (Fsp3) is 0.261. The zero-order valence-electron chi connectivity index (χ0n) is 17.1. The number of benzene rings is 2. The summed E-state index contributed by atoms with van der Waals surface area (Å²) in [6.45, 7) is 0. The Balaban J connectivity index is 1.95. The number of Topliss-reactive ketones (excluding diaryl/α,β-unsaturated/α-hetero) is 1. The topological polar surface area (TPSA) is 87.9 Å². The summed E-state index contributed by atoms with van der Waals surface area (Å²) in [5, 5.41) is 10.8. The summed E-state index contributed by atoms with van der Waals surface area (Å²) < 4.78 is 16.2. The van der Waals surface area contributed by atoms with Crippen molar-refractivity contribution in [1.82, 2.24) is 0 Å². The smallest absolute Gasteiger partial charge is 0.269 e. The summed E-state index contributed by atoms with van der Waals surface area (Å²) in [5.74, 6) is 1.66. The highest BCUT2D eigenvalue weighted by Crippen LogP contribution is 2.37. The van der Waals surface area contributed by atoms with E-state index < -0.39 is 4.92 Å². The van der Waals surface area contributed by atoms with Crippen molar-refractivity contribution in [1.29, 1.82) is 0 Å². The van der Waals surface area contributed by atoms with Gasteiger partial charge in [0.25, 0.3) is 5.69 Å². The molecule has 3 rings (SSSR count). The number of carbonyl (C=O) groups excluding carboxylic acids is 1. The molecule has 7 nitrogen and oxygen atoms in total. The summed E-state index contributed by atoms with van der Waals surface area (Å²) in [4.78, 5) is 23.5. The number of hydrogen-bond donors (Lipinski definition) is 0. The SMILES string of the molecule is COc1cc(OC)c(/C=C2\CCC/C(=C\c3ccc([N+](=O)[O-])cc3)C2=O)c(OC)c1. The molecule has 1 aliphatic rings. The molecular formula is C23H23NO6. The lowest BCUT2D eigenvalue weighted by Gasteiger charge is -2.18. The predicted molar refractivity (Wildman–Crippen MR) is 114 cm³/mol. The quantitative estimate of drug-likeness (QED) is 0.385. The molecule has 2 aromatic rings. The maximum atomic E-state index is 13.1. The number of methoxy groups -OCH3 is 3. The number of nitro groups is 1. The Hall–Kier alpha value is -3.61. The average Bonchev–Trinajstić information content (AvgIpc) is 2.76. The molecule has 0 heterocycles. The number of non-ortho nitro benzene ring substituents is 1. The lowest BCUT2D eigenvalue weighted by molar-refractivity contribution is -0.384. The van der Waals surface area contributed by atoms with Crippen LogP contribution in [-0.2, 0) is 4.79 Å². The minimum atomic E-state index is -0.445. The number of carbonyl (C=O) groups is 1. The molecule has 0 radical (unpaired) electrons. The van der Waals surface area contributed by atoms with Crippen molar-refractivity contribution in [2.24, 2.45) is 0 Å². The fourth-order valence-electron chi connectivity index (χ4n) is 3.42. The van der Waals surface area contributed by atoms with E-state index in [1.165, 1.54) is 12.1 Å². The van der Waals surface area contributed by atoms with Gasteiger partial charge in [0, 0.05) is 35.4 Å². The van der Waals surface area contributed by atoms with Gasteiger partial charge in [-0.15, -0.1) is 0 Å². The van der Waals surface area contributed by atoms with Crippen LogP contribution in [0.2, 0.25) is 0 Å². The first kappa shape index (κ1) is 21.1. The Morgan fingerprint density at radius 1 is 0.900 bits per heavy atom. The van der Waals surface area contributed by atoms with E-state index in [2.05, 4.69) is 0 Å². The van der Waals surface area contributed by atoms with Crippen molar-refractivity contribution in [3.8, 4) is 17.2 Å². The van der Waals surface area contributed by atoms with Gasteiger partial charge in [0.2, 0.25) is 0 Å². The van der Waals surface area contributed by atoms with Gasteiger partial charge in [-0.3, -0.25) is 14.9 Å². The highest BCUT2D eigenvalue weighted by molar-refractivity contribution is 6.14. The van der Waals surface area contributed by atoms with Crippen molar-refractivity contribution in [2.75, 3.05) is 21.3 Å². The standard InChI is InChI=1S/C23H23NO6/c1-28-19-13-21(29-2)20(22(14-19)30-3)12-17-6-4-5-16(23(17)25)11-15-7-9-18(10-8-15)24(26)27/h7-14H,4-6H2,1-3H3/b16-11+,17-12+. The maximum absolute atomic E-state index is 13.1. The first-order valence-electron chi connectivity index (χ1n) is 9.47. The third-order valence-electron chi connectivity index (χ3n) is 4.99. The van der Waals surface area contributed by atoms with Gasteiger partial charge in [0.1, 0.15) is 17.2 Å². The van der Waals surface area contributed by atoms with E-state index in [0.29, 0.717) is 46.8 Å². The normalized spacial score (nSPS) is 16.6. The minimum Gasteiger partial charge on any atom is -0.496 e. The highest BCUT2D eigenvalue weighted by atomic mass is 16.6. The third kappa shape index (κ3) is 4.51. The molecule has 0 aliphatic heterocycles. The second-order valence-electron chi connectivity index (χ2n) is 6.82. The molecular weight excluding hydrogens is 386 g/mol. The second kappa shape index (κ2) is 9.26. The van der Waals surface area contributed by atoms with Gasteiger partial charge in [-0.05, 0) is 49.1 Å². The number of nitro benzene ring substituents is 1. The van der Waals surface area contributed by atoms with Gasteiger partial charge in [-0.25, -0.2) is 0 Å². The summed E-state index contributed by atoms with van der Waals surface area (Å²) in [5.41, 5.74) is 2.79. The van der Waals surface area contributed by atoms with Crippen LogP contribution in [0.15, 0.2) is 47.5 Å². The lowest BCUT2D eigenvalue weighted by atomic mass is 9.86. The summed E-state index contributed by atoms with van der Waals surface area (Å²) in [6, 6.07) is 9.65. The van der Waals surface area contributed by atoms with E-state index in [1.807, 2.05) is 6.08 Å². The molecule has 0 spiro atoms. The molecule has 156 valence electrons. The van der Waals surface area contributed by atoms with Crippen molar-refractivity contribution in [3.05, 3.63) is 68.8 Å². The van der Waals surface area contributed by atoms with E-state index >= 15 is 0 Å². The number of rotatable bonds is 6. The van der Waals surface area contributed by atoms with Crippen molar-refractivity contribution < 1.29 is 23.9 Å². The van der Waals surface area contributed by atoms with Crippen molar-refractivity contribution in [3.63, 3.8) is 0 Å². The number of nitrogens with zero attached hydrogens (tertiary/aromatic N) is 1. The predicted octanol–water partition coefficient (Wildman–Crippen LogP) is 4.84. The van der Waals surface area contributed by atoms with Crippen LogP contribution >= 0.6 is 0 Å². The Kier molecular flexibility index (Phi) is 6.51. The molecule has 0 unspecified atom stereocenters. The zero-order chi connectivity index (χ0) is 21.7. The van der Waals surface area contributed by atoms with Gasteiger partial charge in [0.05, 0.1) is 31.8 Å². The molecule has 1 aliphatic carbocycles. The molecule has 0 saturated heterocycles. The molecule has 0 aromatic heterocycles. The average molecular weight is 409 g/mol. The minimum absolute atomic E-state index is 0.0198. The van der Waals surface area contributed by atoms with Crippen LogP contribution in [0.25, 0.3) is 12.2 Å². The Morgan fingerprint density at radius 2 is 1.47 bits per heavy atom. The van der Waals surface area contributed by atoms with E-state index in [-0.39, 0.29) is 11.5 Å². The molecule has 0 bridgehead atoms. The second-order valence-corrected chi connectivity index (χ2v) is 6.82. The molecule has 30 heavy (non-hydrogen) atoms. The number of ketones is 1. The maximum Gasteiger partial charge on any atom is 0.269 e. The van der Waals surface area contributed by atoms with Crippen LogP contribution < -0.4 is 14.2 Å². The lowest BCUT2D eigenvalue weighted by Crippen LogP contribution is -2.12. The van der Waals surface area contributed by atoms with Crippen LogP contribution in [0.1, 0.15) is 30.4 Å². The van der Waals surface area contributed by atoms with Crippen LogP contribution in [0.3, 0.4) is 0 Å². The van der Waals surface area contributed by atoms with Crippen molar-refractivity contribution in [2.45, 2.75) is 19.3 Å². The van der Waals surface area contributed by atoms with Gasteiger partial charge < -0.3 is 14.2 Å². The molecule has 1 fully saturated rings. The molecule has 0 amide bonds. The first-order chi connectivity index (χ1) is 14.5. The van der Waals surface area contributed by atoms with Crippen LogP contribution in [0.4, 0.5) is 5.69 Å². The Morgan fingerprint density at radius 3 is 1.97 bits per heavy atom. The summed E-state index contributed by atoms with van der Waals surface area (Å²) in [7, 11) is 4.67. The fourth-order valence-corrected chi connectivity index (χ4v) is 3.42. The monoisotopic (exact) mass is 409 g/mol.